The van der Waals surface area contributed by atoms with Crippen LogP contribution in [0.2, 0.25) is 0 Å². The standard InChI is InChI=1S/C24H27F3N2O3/c1-31-19-7-8-22(32-2)17(13-19)15-28-9-11-29(12-10-28)23(30)21-14-20(21)16-3-5-18(6-4-16)24(25,26)27/h3-8,13,20-21H,9-12,14-15H2,1-2H3. The maximum absolute atomic E-state index is 12.9. The van der Waals surface area contributed by atoms with Gasteiger partial charge in [-0.2, -0.15) is 13.2 Å². The largest absolute Gasteiger partial charge is 0.497 e. The highest BCUT2D eigenvalue weighted by Crippen LogP contribution is 2.49. The molecule has 172 valence electrons. The topological polar surface area (TPSA) is 42.0 Å². The van der Waals surface area contributed by atoms with E-state index < -0.39 is 11.7 Å². The molecule has 0 spiro atoms. The molecule has 1 saturated carbocycles. The number of amides is 1. The van der Waals surface area contributed by atoms with Crippen LogP contribution in [0.3, 0.4) is 0 Å². The molecular formula is C24H27F3N2O3. The Morgan fingerprint density at radius 1 is 1.00 bits per heavy atom. The number of halogens is 3. The summed E-state index contributed by atoms with van der Waals surface area (Å²) in [4.78, 5) is 17.1. The van der Waals surface area contributed by atoms with Gasteiger partial charge in [0.1, 0.15) is 11.5 Å². The van der Waals surface area contributed by atoms with Gasteiger partial charge in [-0.15, -0.1) is 0 Å². The summed E-state index contributed by atoms with van der Waals surface area (Å²) in [6.45, 7) is 3.50. The van der Waals surface area contributed by atoms with Gasteiger partial charge in [0.05, 0.1) is 19.8 Å². The lowest BCUT2D eigenvalue weighted by Crippen LogP contribution is -2.48. The molecule has 1 amide bonds. The number of benzene rings is 2. The lowest BCUT2D eigenvalue weighted by atomic mass is 10.1. The van der Waals surface area contributed by atoms with Crippen molar-refractivity contribution in [1.29, 1.82) is 0 Å². The Labute approximate surface area is 185 Å². The van der Waals surface area contributed by atoms with Crippen LogP contribution < -0.4 is 9.47 Å². The molecule has 2 aromatic carbocycles. The average molecular weight is 448 g/mol. The highest BCUT2D eigenvalue weighted by Gasteiger charge is 2.46. The van der Waals surface area contributed by atoms with Crippen LogP contribution in [0.1, 0.15) is 29.0 Å². The van der Waals surface area contributed by atoms with Gasteiger partial charge in [-0.1, -0.05) is 12.1 Å². The second-order valence-electron chi connectivity index (χ2n) is 8.35. The zero-order valence-electron chi connectivity index (χ0n) is 18.2. The van der Waals surface area contributed by atoms with E-state index in [4.69, 9.17) is 9.47 Å². The molecule has 2 aliphatic rings. The zero-order valence-corrected chi connectivity index (χ0v) is 18.2. The summed E-state index contributed by atoms with van der Waals surface area (Å²) in [6.07, 6.45) is -3.64. The Kier molecular flexibility index (Phi) is 6.33. The van der Waals surface area contributed by atoms with E-state index >= 15 is 0 Å². The van der Waals surface area contributed by atoms with E-state index in [9.17, 15) is 18.0 Å². The van der Waals surface area contributed by atoms with Crippen LogP contribution in [0.5, 0.6) is 11.5 Å². The fourth-order valence-corrected chi connectivity index (χ4v) is 4.36. The molecule has 1 aliphatic carbocycles. The van der Waals surface area contributed by atoms with E-state index in [-0.39, 0.29) is 17.7 Å². The van der Waals surface area contributed by atoms with Gasteiger partial charge < -0.3 is 14.4 Å². The molecule has 8 heteroatoms. The van der Waals surface area contributed by atoms with E-state index in [0.717, 1.165) is 47.8 Å². The highest BCUT2D eigenvalue weighted by molar-refractivity contribution is 5.83. The first-order valence-electron chi connectivity index (χ1n) is 10.7. The molecule has 2 fully saturated rings. The van der Waals surface area contributed by atoms with Crippen molar-refractivity contribution in [2.24, 2.45) is 5.92 Å². The second kappa shape index (κ2) is 9.02. The minimum absolute atomic E-state index is 0.0175. The summed E-state index contributed by atoms with van der Waals surface area (Å²) in [6, 6.07) is 10.9. The molecule has 4 rings (SSSR count). The van der Waals surface area contributed by atoms with Gasteiger partial charge >= 0.3 is 6.18 Å². The van der Waals surface area contributed by atoms with Gasteiger partial charge in [0.15, 0.2) is 0 Å². The van der Waals surface area contributed by atoms with Gasteiger partial charge in [-0.25, -0.2) is 0 Å². The minimum atomic E-state index is -4.34. The summed E-state index contributed by atoms with van der Waals surface area (Å²) in [7, 11) is 3.27. The number of hydrogen-bond donors (Lipinski definition) is 0. The fraction of sp³-hybridized carbons (Fsp3) is 0.458. The van der Waals surface area contributed by atoms with Crippen molar-refractivity contribution in [2.45, 2.75) is 25.1 Å². The van der Waals surface area contributed by atoms with Crippen LogP contribution in [-0.4, -0.2) is 56.1 Å². The maximum Gasteiger partial charge on any atom is 0.416 e. The molecule has 1 saturated heterocycles. The lowest BCUT2D eigenvalue weighted by Gasteiger charge is -2.35. The third-order valence-electron chi connectivity index (χ3n) is 6.34. The Morgan fingerprint density at radius 2 is 1.69 bits per heavy atom. The van der Waals surface area contributed by atoms with Crippen LogP contribution in [0.25, 0.3) is 0 Å². The lowest BCUT2D eigenvalue weighted by molar-refractivity contribution is -0.137. The number of methoxy groups -OCH3 is 2. The molecule has 1 heterocycles. The number of alkyl halides is 3. The molecule has 2 unspecified atom stereocenters. The van der Waals surface area contributed by atoms with Crippen LogP contribution >= 0.6 is 0 Å². The van der Waals surface area contributed by atoms with Crippen LogP contribution in [-0.2, 0) is 17.5 Å². The quantitative estimate of drug-likeness (QED) is 0.665. The molecule has 0 radical (unpaired) electrons. The molecule has 1 aliphatic heterocycles. The molecule has 0 aromatic heterocycles. The normalized spacial score (nSPS) is 21.3. The number of carbonyl (C=O) groups excluding carboxylic acids is 1. The number of carbonyl (C=O) groups is 1. The molecule has 2 atom stereocenters. The Balaban J connectivity index is 1.30. The number of rotatable bonds is 6. The molecular weight excluding hydrogens is 421 g/mol. The first-order valence-corrected chi connectivity index (χ1v) is 10.7. The first-order chi connectivity index (χ1) is 15.3. The summed E-state index contributed by atoms with van der Waals surface area (Å²) in [5.41, 5.74) is 1.19. The van der Waals surface area contributed by atoms with Crippen molar-refractivity contribution in [3.63, 3.8) is 0 Å². The summed E-state index contributed by atoms with van der Waals surface area (Å²) >= 11 is 0. The fourth-order valence-electron chi connectivity index (χ4n) is 4.36. The summed E-state index contributed by atoms with van der Waals surface area (Å²) in [5.74, 6) is 1.58. The number of hydrogen-bond acceptors (Lipinski definition) is 4. The molecule has 32 heavy (non-hydrogen) atoms. The van der Waals surface area contributed by atoms with E-state index in [1.54, 1.807) is 14.2 Å². The maximum atomic E-state index is 12.9. The number of piperazine rings is 1. The Morgan fingerprint density at radius 3 is 2.28 bits per heavy atom. The average Bonchev–Trinajstić information content (AvgIpc) is 3.59. The van der Waals surface area contributed by atoms with Crippen LogP contribution in [0.15, 0.2) is 42.5 Å². The monoisotopic (exact) mass is 448 g/mol. The number of ether oxygens (including phenoxy) is 2. The van der Waals surface area contributed by atoms with Gasteiger partial charge in [-0.3, -0.25) is 9.69 Å². The summed E-state index contributed by atoms with van der Waals surface area (Å²) < 4.78 is 49.0. The third kappa shape index (κ3) is 4.85. The minimum Gasteiger partial charge on any atom is -0.497 e. The predicted octanol–water partition coefficient (Wildman–Crippen LogP) is 4.17. The Bertz CT molecular complexity index is 954. The van der Waals surface area contributed by atoms with Crippen molar-refractivity contribution in [3.05, 3.63) is 59.2 Å². The molecule has 5 nitrogen and oxygen atoms in total. The molecule has 2 aromatic rings. The van der Waals surface area contributed by atoms with Crippen molar-refractivity contribution in [1.82, 2.24) is 9.80 Å². The first kappa shape index (κ1) is 22.5. The van der Waals surface area contributed by atoms with Crippen molar-refractivity contribution < 1.29 is 27.4 Å². The van der Waals surface area contributed by atoms with E-state index in [1.807, 2.05) is 23.1 Å². The van der Waals surface area contributed by atoms with Crippen molar-refractivity contribution in [2.75, 3.05) is 40.4 Å². The predicted molar refractivity (Wildman–Crippen MR) is 114 cm³/mol. The molecule has 0 bridgehead atoms. The van der Waals surface area contributed by atoms with Gasteiger partial charge in [-0.05, 0) is 48.2 Å². The molecule has 0 N–H and O–H groups in total. The van der Waals surface area contributed by atoms with Gasteiger partial charge in [0, 0.05) is 44.2 Å². The SMILES string of the molecule is COc1ccc(OC)c(CN2CCN(C(=O)C3CC3c3ccc(C(F)(F)F)cc3)CC2)c1. The van der Waals surface area contributed by atoms with Crippen molar-refractivity contribution in [3.8, 4) is 11.5 Å². The Hall–Kier alpha value is -2.74. The summed E-state index contributed by atoms with van der Waals surface area (Å²) in [5, 5.41) is 0. The van der Waals surface area contributed by atoms with E-state index in [0.29, 0.717) is 26.1 Å². The second-order valence-corrected chi connectivity index (χ2v) is 8.35. The van der Waals surface area contributed by atoms with Crippen LogP contribution in [0, 0.1) is 5.92 Å². The zero-order chi connectivity index (χ0) is 22.9. The van der Waals surface area contributed by atoms with Crippen molar-refractivity contribution >= 4 is 5.91 Å². The van der Waals surface area contributed by atoms with Gasteiger partial charge in [0.2, 0.25) is 5.91 Å². The van der Waals surface area contributed by atoms with Crippen LogP contribution in [0.4, 0.5) is 13.2 Å². The van der Waals surface area contributed by atoms with Gasteiger partial charge in [0.25, 0.3) is 0 Å². The third-order valence-corrected chi connectivity index (χ3v) is 6.34. The van der Waals surface area contributed by atoms with E-state index in [2.05, 4.69) is 4.90 Å². The number of nitrogens with zero attached hydrogens (tertiary/aromatic N) is 2. The van der Waals surface area contributed by atoms with E-state index in [1.165, 1.54) is 12.1 Å². The smallest absolute Gasteiger partial charge is 0.416 e. The highest BCUT2D eigenvalue weighted by atomic mass is 19.4.